The first-order valence-corrected chi connectivity index (χ1v) is 11.6. The molecule has 3 aliphatic rings. The highest BCUT2D eigenvalue weighted by atomic mass is 16.5. The van der Waals surface area contributed by atoms with E-state index in [1.165, 1.54) is 7.11 Å². The van der Waals surface area contributed by atoms with Crippen LogP contribution in [-0.4, -0.2) is 103 Å². The summed E-state index contributed by atoms with van der Waals surface area (Å²) >= 11 is 0. The van der Waals surface area contributed by atoms with Crippen LogP contribution in [0.5, 0.6) is 0 Å². The maximum Gasteiger partial charge on any atom is 0.305 e. The van der Waals surface area contributed by atoms with Crippen LogP contribution in [0.25, 0.3) is 0 Å². The van der Waals surface area contributed by atoms with Gasteiger partial charge in [0.2, 0.25) is 5.91 Å². The van der Waals surface area contributed by atoms with Gasteiger partial charge in [0.05, 0.1) is 12.6 Å². The molecule has 0 unspecified atom stereocenters. The van der Waals surface area contributed by atoms with E-state index in [2.05, 4.69) is 48.9 Å². The number of hydrogen-bond acceptors (Lipinski definition) is 9. The second-order valence-electron chi connectivity index (χ2n) is 9.13. The lowest BCUT2D eigenvalue weighted by atomic mass is 9.90. The van der Waals surface area contributed by atoms with Crippen LogP contribution in [0.4, 0.5) is 0 Å². The first-order valence-electron chi connectivity index (χ1n) is 11.6. The molecule has 2 bridgehead atoms. The van der Waals surface area contributed by atoms with Crippen molar-refractivity contribution in [3.8, 4) is 0 Å². The van der Waals surface area contributed by atoms with Crippen molar-refractivity contribution in [2.75, 3.05) is 85.6 Å². The smallest absolute Gasteiger partial charge is 0.305 e. The van der Waals surface area contributed by atoms with E-state index in [1.807, 2.05) is 0 Å². The molecule has 0 aromatic heterocycles. The van der Waals surface area contributed by atoms with Crippen molar-refractivity contribution in [3.63, 3.8) is 0 Å². The molecule has 31 heavy (non-hydrogen) atoms. The Morgan fingerprint density at radius 2 is 1.16 bits per heavy atom. The normalized spacial score (nSPS) is 29.5. The van der Waals surface area contributed by atoms with Gasteiger partial charge in [0, 0.05) is 96.8 Å². The van der Waals surface area contributed by atoms with Crippen molar-refractivity contribution < 1.29 is 14.3 Å². The minimum atomic E-state index is -0.453. The Labute approximate surface area is 186 Å². The summed E-state index contributed by atoms with van der Waals surface area (Å²) in [5.74, 6) is -0.322. The number of rotatable bonds is 5. The summed E-state index contributed by atoms with van der Waals surface area (Å²) in [6.45, 7) is 12.2. The standard InChI is InChI=1S/C21H43N7O3/c1-20-12-22-6-9-25-15-21(16-26-10-7-23-13-20,17-27-11-8-24-14-20)28-18(29)4-3-5-19(30)31-2/h22-27H,3-17H2,1-2H3,(H,28,29). The van der Waals surface area contributed by atoms with Gasteiger partial charge in [-0.3, -0.25) is 9.59 Å². The maximum absolute atomic E-state index is 12.7. The lowest BCUT2D eigenvalue weighted by Crippen LogP contribution is -2.66. The Kier molecular flexibility index (Phi) is 11.7. The number of fused-ring (bicyclic) bond motifs is 15. The van der Waals surface area contributed by atoms with Gasteiger partial charge in [-0.2, -0.15) is 0 Å². The van der Waals surface area contributed by atoms with Gasteiger partial charge in [0.1, 0.15) is 0 Å². The zero-order valence-corrected chi connectivity index (χ0v) is 19.3. The number of esters is 1. The van der Waals surface area contributed by atoms with Gasteiger partial charge < -0.3 is 42.0 Å². The second-order valence-corrected chi connectivity index (χ2v) is 9.13. The summed E-state index contributed by atoms with van der Waals surface area (Å²) in [4.78, 5) is 24.0. The van der Waals surface area contributed by atoms with Crippen LogP contribution in [0.2, 0.25) is 0 Å². The van der Waals surface area contributed by atoms with Crippen molar-refractivity contribution in [3.05, 3.63) is 0 Å². The van der Waals surface area contributed by atoms with Gasteiger partial charge in [0.25, 0.3) is 0 Å². The first-order chi connectivity index (χ1) is 15.0. The average molecular weight is 442 g/mol. The molecule has 3 rings (SSSR count). The first kappa shape index (κ1) is 26.0. The van der Waals surface area contributed by atoms with Crippen molar-refractivity contribution in [1.29, 1.82) is 0 Å². The van der Waals surface area contributed by atoms with Gasteiger partial charge in [-0.25, -0.2) is 0 Å². The molecule has 0 atom stereocenters. The zero-order valence-electron chi connectivity index (χ0n) is 19.3. The number of hydrogen-bond donors (Lipinski definition) is 7. The van der Waals surface area contributed by atoms with Crippen molar-refractivity contribution in [2.24, 2.45) is 5.41 Å². The highest BCUT2D eigenvalue weighted by Gasteiger charge is 2.32. The van der Waals surface area contributed by atoms with E-state index < -0.39 is 5.54 Å². The third kappa shape index (κ3) is 10.2. The van der Waals surface area contributed by atoms with Gasteiger partial charge in [-0.05, 0) is 6.42 Å². The fourth-order valence-corrected chi connectivity index (χ4v) is 4.05. The Morgan fingerprint density at radius 3 is 1.58 bits per heavy atom. The summed E-state index contributed by atoms with van der Waals surface area (Å²) in [5, 5.41) is 24.6. The summed E-state index contributed by atoms with van der Waals surface area (Å²) in [6.07, 6.45) is 1.05. The van der Waals surface area contributed by atoms with Gasteiger partial charge in [-0.15, -0.1) is 0 Å². The van der Waals surface area contributed by atoms with Crippen molar-refractivity contribution in [2.45, 2.75) is 31.7 Å². The average Bonchev–Trinajstić information content (AvgIpc) is 2.74. The SMILES string of the molecule is COC(=O)CCCC(=O)NC12CNCCNCC(C)(CNCCNC1)CNCCNC2. The molecule has 3 heterocycles. The highest BCUT2D eigenvalue weighted by Crippen LogP contribution is 2.12. The molecule has 10 heteroatoms. The van der Waals surface area contributed by atoms with Crippen molar-refractivity contribution in [1.82, 2.24) is 37.2 Å². The lowest BCUT2D eigenvalue weighted by Gasteiger charge is -2.37. The fraction of sp³-hybridized carbons (Fsp3) is 0.905. The number of amides is 1. The van der Waals surface area contributed by atoms with Crippen LogP contribution in [-0.2, 0) is 14.3 Å². The quantitative estimate of drug-likeness (QED) is 0.237. The molecule has 0 saturated carbocycles. The molecule has 3 aliphatic heterocycles. The van der Waals surface area contributed by atoms with E-state index in [1.54, 1.807) is 0 Å². The monoisotopic (exact) mass is 441 g/mol. The van der Waals surface area contributed by atoms with Crippen LogP contribution in [0.3, 0.4) is 0 Å². The third-order valence-corrected chi connectivity index (χ3v) is 5.90. The molecule has 3 saturated heterocycles. The number of ether oxygens (including phenoxy) is 1. The molecule has 180 valence electrons. The number of carbonyl (C=O) groups is 2. The lowest BCUT2D eigenvalue weighted by molar-refractivity contribution is -0.140. The topological polar surface area (TPSA) is 128 Å². The van der Waals surface area contributed by atoms with E-state index in [-0.39, 0.29) is 23.7 Å². The number of methoxy groups -OCH3 is 1. The van der Waals surface area contributed by atoms with E-state index in [0.717, 1.165) is 58.9 Å². The van der Waals surface area contributed by atoms with Crippen LogP contribution < -0.4 is 37.2 Å². The molecular formula is C21H43N7O3. The number of carbonyl (C=O) groups excluding carboxylic acids is 2. The minimum absolute atomic E-state index is 0.0401. The molecule has 0 radical (unpaired) electrons. The largest absolute Gasteiger partial charge is 0.469 e. The van der Waals surface area contributed by atoms with Crippen LogP contribution in [0, 0.1) is 5.41 Å². The fourth-order valence-electron chi connectivity index (χ4n) is 4.05. The Hall–Kier alpha value is -1.30. The Balaban J connectivity index is 2.04. The molecule has 3 fully saturated rings. The molecular weight excluding hydrogens is 398 g/mol. The summed E-state index contributed by atoms with van der Waals surface area (Å²) < 4.78 is 4.67. The van der Waals surface area contributed by atoms with Crippen LogP contribution in [0.1, 0.15) is 26.2 Å². The zero-order chi connectivity index (χ0) is 22.4. The molecule has 0 spiro atoms. The molecule has 0 aromatic rings. The molecule has 0 aromatic carbocycles. The maximum atomic E-state index is 12.7. The molecule has 0 aliphatic carbocycles. The second kappa shape index (κ2) is 14.0. The predicted octanol–water partition coefficient (Wildman–Crippen LogP) is -2.24. The Bertz CT molecular complexity index is 504. The molecule has 1 amide bonds. The van der Waals surface area contributed by atoms with E-state index in [4.69, 9.17) is 0 Å². The highest BCUT2D eigenvalue weighted by molar-refractivity contribution is 5.78. The van der Waals surface area contributed by atoms with Crippen molar-refractivity contribution >= 4 is 11.9 Å². The molecule has 7 N–H and O–H groups in total. The van der Waals surface area contributed by atoms with Gasteiger partial charge in [-0.1, -0.05) is 6.92 Å². The summed E-state index contributed by atoms with van der Waals surface area (Å²) in [7, 11) is 1.37. The molecule has 10 nitrogen and oxygen atoms in total. The van der Waals surface area contributed by atoms with E-state index in [0.29, 0.717) is 32.5 Å². The van der Waals surface area contributed by atoms with Crippen LogP contribution >= 0.6 is 0 Å². The third-order valence-electron chi connectivity index (χ3n) is 5.90. The van der Waals surface area contributed by atoms with E-state index in [9.17, 15) is 9.59 Å². The minimum Gasteiger partial charge on any atom is -0.469 e. The summed E-state index contributed by atoms with van der Waals surface area (Å²) in [5.41, 5.74) is -0.304. The van der Waals surface area contributed by atoms with Gasteiger partial charge in [0.15, 0.2) is 0 Å². The predicted molar refractivity (Wildman–Crippen MR) is 122 cm³/mol. The van der Waals surface area contributed by atoms with Gasteiger partial charge >= 0.3 is 5.97 Å². The summed E-state index contributed by atoms with van der Waals surface area (Å²) in [6, 6.07) is 0. The number of nitrogens with one attached hydrogen (secondary N) is 7. The van der Waals surface area contributed by atoms with Crippen LogP contribution in [0.15, 0.2) is 0 Å². The van der Waals surface area contributed by atoms with E-state index >= 15 is 0 Å². The Morgan fingerprint density at radius 1 is 0.742 bits per heavy atom.